The molecule has 0 radical (unpaired) electrons. The lowest BCUT2D eigenvalue weighted by atomic mass is 10.2. The summed E-state index contributed by atoms with van der Waals surface area (Å²) in [6, 6.07) is 5.67. The van der Waals surface area contributed by atoms with Gasteiger partial charge in [0.1, 0.15) is 0 Å². The molecule has 0 aliphatic rings. The van der Waals surface area contributed by atoms with E-state index in [-0.39, 0.29) is 5.56 Å². The van der Waals surface area contributed by atoms with Gasteiger partial charge < -0.3 is 24.5 Å². The highest BCUT2D eigenvalue weighted by atomic mass is 16.5. The monoisotopic (exact) mass is 252 g/mol. The molecular formula is C12H12O6. The van der Waals surface area contributed by atoms with Gasteiger partial charge in [-0.1, -0.05) is 0 Å². The fourth-order valence-electron chi connectivity index (χ4n) is 1.07. The Hall–Kier alpha value is -2.63. The summed E-state index contributed by atoms with van der Waals surface area (Å²) in [5, 5.41) is 26.9. The van der Waals surface area contributed by atoms with Crippen molar-refractivity contribution < 1.29 is 29.3 Å². The quantitative estimate of drug-likeness (QED) is 0.529. The molecule has 1 heterocycles. The molecule has 0 fully saturated rings. The standard InChI is InChI=1S/C8H8O5.C4H4O/c1-13-8(12)4-2-5(9)7(11)6(10)3-4;1-2-4-5-3-1/h2-3,9-11H,1H3;1-4H. The number of furan rings is 1. The van der Waals surface area contributed by atoms with E-state index in [2.05, 4.69) is 9.15 Å². The second kappa shape index (κ2) is 6.19. The number of ether oxygens (including phenoxy) is 1. The van der Waals surface area contributed by atoms with E-state index in [9.17, 15) is 4.79 Å². The molecule has 1 aromatic heterocycles. The maximum Gasteiger partial charge on any atom is 0.338 e. The zero-order valence-corrected chi connectivity index (χ0v) is 9.53. The largest absolute Gasteiger partial charge is 0.504 e. The summed E-state index contributed by atoms with van der Waals surface area (Å²) in [7, 11) is 1.17. The molecule has 96 valence electrons. The molecule has 2 aromatic rings. The molecule has 0 aliphatic carbocycles. The van der Waals surface area contributed by atoms with Gasteiger partial charge in [-0.2, -0.15) is 0 Å². The van der Waals surface area contributed by atoms with Gasteiger partial charge in [0.2, 0.25) is 0 Å². The fourth-order valence-corrected chi connectivity index (χ4v) is 1.07. The highest BCUT2D eigenvalue weighted by Gasteiger charge is 2.13. The van der Waals surface area contributed by atoms with Gasteiger partial charge in [-0.25, -0.2) is 4.79 Å². The second-order valence-electron chi connectivity index (χ2n) is 3.15. The summed E-state index contributed by atoms with van der Waals surface area (Å²) in [5.41, 5.74) is -0.0321. The Bertz CT molecular complexity index is 463. The molecule has 6 heteroatoms. The topological polar surface area (TPSA) is 100 Å². The molecular weight excluding hydrogens is 240 g/mol. The molecule has 1 aromatic carbocycles. The zero-order chi connectivity index (χ0) is 13.5. The van der Waals surface area contributed by atoms with Crippen LogP contribution in [0, 0.1) is 0 Å². The third-order valence-electron chi connectivity index (χ3n) is 1.92. The normalized spacial score (nSPS) is 9.17. The smallest absolute Gasteiger partial charge is 0.338 e. The first-order chi connectivity index (χ1) is 8.56. The van der Waals surface area contributed by atoms with Crippen molar-refractivity contribution in [2.45, 2.75) is 0 Å². The van der Waals surface area contributed by atoms with Gasteiger partial charge in [0.15, 0.2) is 17.2 Å². The number of rotatable bonds is 1. The Morgan fingerprint density at radius 2 is 1.61 bits per heavy atom. The summed E-state index contributed by atoms with van der Waals surface area (Å²) in [4.78, 5) is 10.9. The minimum absolute atomic E-state index is 0.0321. The third-order valence-corrected chi connectivity index (χ3v) is 1.92. The number of carbonyl (C=O) groups excluding carboxylic acids is 1. The van der Waals surface area contributed by atoms with Crippen molar-refractivity contribution in [1.82, 2.24) is 0 Å². The van der Waals surface area contributed by atoms with Crippen LogP contribution >= 0.6 is 0 Å². The summed E-state index contributed by atoms with van der Waals surface area (Å²) in [6.07, 6.45) is 3.25. The van der Waals surface area contributed by atoms with Crippen molar-refractivity contribution in [2.75, 3.05) is 7.11 Å². The average Bonchev–Trinajstić information content (AvgIpc) is 2.93. The van der Waals surface area contributed by atoms with Crippen molar-refractivity contribution in [3.05, 3.63) is 42.4 Å². The Labute approximate surface area is 103 Å². The predicted molar refractivity (Wildman–Crippen MR) is 61.5 cm³/mol. The highest BCUT2D eigenvalue weighted by molar-refractivity contribution is 5.90. The molecule has 3 N–H and O–H groups in total. The predicted octanol–water partition coefficient (Wildman–Crippen LogP) is 1.87. The fraction of sp³-hybridized carbons (Fsp3) is 0.0833. The lowest BCUT2D eigenvalue weighted by Gasteiger charge is -2.03. The van der Waals surface area contributed by atoms with Crippen molar-refractivity contribution in [2.24, 2.45) is 0 Å². The minimum atomic E-state index is -0.703. The van der Waals surface area contributed by atoms with Crippen LogP contribution in [0.15, 0.2) is 41.2 Å². The lowest BCUT2D eigenvalue weighted by molar-refractivity contribution is 0.0599. The molecule has 0 spiro atoms. The molecule has 0 bridgehead atoms. The Kier molecular flexibility index (Phi) is 4.62. The number of methoxy groups -OCH3 is 1. The zero-order valence-electron chi connectivity index (χ0n) is 9.53. The molecule has 0 saturated heterocycles. The number of benzene rings is 1. The number of hydrogen-bond donors (Lipinski definition) is 3. The maximum atomic E-state index is 10.9. The molecule has 0 aliphatic heterocycles. The van der Waals surface area contributed by atoms with Crippen LogP contribution in [0.4, 0.5) is 0 Å². The van der Waals surface area contributed by atoms with Gasteiger partial charge in [0.25, 0.3) is 0 Å². The van der Waals surface area contributed by atoms with E-state index in [0.29, 0.717) is 0 Å². The maximum absolute atomic E-state index is 10.9. The first-order valence-corrected chi connectivity index (χ1v) is 4.86. The van der Waals surface area contributed by atoms with E-state index >= 15 is 0 Å². The highest BCUT2D eigenvalue weighted by Crippen LogP contribution is 2.35. The SMILES string of the molecule is COC(=O)c1cc(O)c(O)c(O)c1.c1ccoc1. The Morgan fingerprint density at radius 1 is 1.11 bits per heavy atom. The van der Waals surface area contributed by atoms with E-state index in [0.717, 1.165) is 12.1 Å². The number of phenolic OH excluding ortho intramolecular Hbond substituents is 3. The molecule has 0 amide bonds. The van der Waals surface area contributed by atoms with Gasteiger partial charge in [0.05, 0.1) is 25.2 Å². The van der Waals surface area contributed by atoms with E-state index in [1.165, 1.54) is 7.11 Å². The van der Waals surface area contributed by atoms with Gasteiger partial charge in [-0.3, -0.25) is 0 Å². The molecule has 18 heavy (non-hydrogen) atoms. The molecule has 6 nitrogen and oxygen atoms in total. The summed E-state index contributed by atoms with van der Waals surface area (Å²) in [6.45, 7) is 0. The second-order valence-corrected chi connectivity index (χ2v) is 3.15. The van der Waals surface area contributed by atoms with Gasteiger partial charge in [0, 0.05) is 0 Å². The van der Waals surface area contributed by atoms with Gasteiger partial charge >= 0.3 is 5.97 Å². The lowest BCUT2D eigenvalue weighted by Crippen LogP contribution is -2.00. The minimum Gasteiger partial charge on any atom is -0.504 e. The van der Waals surface area contributed by atoms with Crippen LogP contribution in [0.3, 0.4) is 0 Å². The molecule has 0 saturated carbocycles. The van der Waals surface area contributed by atoms with Crippen LogP contribution in [0.2, 0.25) is 0 Å². The molecule has 0 unspecified atom stereocenters. The third kappa shape index (κ3) is 3.44. The van der Waals surface area contributed by atoms with Crippen LogP contribution in [0.25, 0.3) is 0 Å². The number of esters is 1. The first-order valence-electron chi connectivity index (χ1n) is 4.86. The molecule has 2 rings (SSSR count). The number of aromatic hydroxyl groups is 3. The number of phenols is 3. The van der Waals surface area contributed by atoms with E-state index in [1.54, 1.807) is 12.5 Å². The van der Waals surface area contributed by atoms with Crippen molar-refractivity contribution in [3.8, 4) is 17.2 Å². The summed E-state index contributed by atoms with van der Waals surface area (Å²) >= 11 is 0. The Morgan fingerprint density at radius 3 is 1.94 bits per heavy atom. The van der Waals surface area contributed by atoms with Crippen LogP contribution in [-0.4, -0.2) is 28.4 Å². The van der Waals surface area contributed by atoms with E-state index in [4.69, 9.17) is 15.3 Å². The first kappa shape index (κ1) is 13.4. The van der Waals surface area contributed by atoms with Crippen LogP contribution in [0.1, 0.15) is 10.4 Å². The van der Waals surface area contributed by atoms with Crippen molar-refractivity contribution >= 4 is 5.97 Å². The van der Waals surface area contributed by atoms with Crippen LogP contribution in [0.5, 0.6) is 17.2 Å². The summed E-state index contributed by atoms with van der Waals surface area (Å²) in [5.74, 6) is -2.50. The Balaban J connectivity index is 0.000000269. The average molecular weight is 252 g/mol. The number of hydrogen-bond acceptors (Lipinski definition) is 6. The van der Waals surface area contributed by atoms with Crippen LogP contribution in [-0.2, 0) is 4.74 Å². The van der Waals surface area contributed by atoms with Crippen molar-refractivity contribution in [1.29, 1.82) is 0 Å². The van der Waals surface area contributed by atoms with E-state index in [1.807, 2.05) is 12.1 Å². The number of carbonyl (C=O) groups is 1. The van der Waals surface area contributed by atoms with Crippen molar-refractivity contribution in [3.63, 3.8) is 0 Å². The van der Waals surface area contributed by atoms with Crippen LogP contribution < -0.4 is 0 Å². The van der Waals surface area contributed by atoms with Gasteiger partial charge in [-0.15, -0.1) is 0 Å². The van der Waals surface area contributed by atoms with E-state index < -0.39 is 23.2 Å². The summed E-state index contributed by atoms with van der Waals surface area (Å²) < 4.78 is 8.93. The van der Waals surface area contributed by atoms with Gasteiger partial charge in [-0.05, 0) is 24.3 Å². The molecule has 0 atom stereocenters.